The smallest absolute Gasteiger partial charge is 0.354 e. The topological polar surface area (TPSA) is 94.3 Å². The van der Waals surface area contributed by atoms with E-state index in [0.717, 1.165) is 0 Å². The van der Waals surface area contributed by atoms with Gasteiger partial charge in [-0.25, -0.2) is 9.78 Å². The van der Waals surface area contributed by atoms with Gasteiger partial charge in [-0.05, 0) is 30.3 Å². The van der Waals surface area contributed by atoms with Gasteiger partial charge in [0.25, 0.3) is 5.91 Å². The number of nitrogens with zero attached hydrogens (tertiary/aromatic N) is 3. The Morgan fingerprint density at radius 1 is 1.19 bits per heavy atom. The van der Waals surface area contributed by atoms with E-state index in [4.69, 9.17) is 10.4 Å². The maximum atomic E-state index is 12.3. The second kappa shape index (κ2) is 5.84. The molecule has 0 atom stereocenters. The molecule has 2 rings (SSSR count). The average Bonchev–Trinajstić information content (AvgIpc) is 2.53. The van der Waals surface area contributed by atoms with Gasteiger partial charge in [-0.15, -0.1) is 0 Å². The largest absolute Gasteiger partial charge is 0.477 e. The monoisotopic (exact) mass is 281 g/mol. The molecule has 0 radical (unpaired) electrons. The molecular weight excluding hydrogens is 270 g/mol. The van der Waals surface area contributed by atoms with Crippen molar-refractivity contribution in [3.05, 3.63) is 59.4 Å². The molecule has 0 spiro atoms. The summed E-state index contributed by atoms with van der Waals surface area (Å²) in [6, 6.07) is 12.8. The van der Waals surface area contributed by atoms with Gasteiger partial charge in [0.15, 0.2) is 0 Å². The second-order valence-corrected chi connectivity index (χ2v) is 4.24. The molecule has 6 nitrogen and oxygen atoms in total. The van der Waals surface area contributed by atoms with Gasteiger partial charge in [-0.3, -0.25) is 4.79 Å². The first-order chi connectivity index (χ1) is 10.0. The molecule has 1 aromatic heterocycles. The van der Waals surface area contributed by atoms with Crippen LogP contribution in [0, 0.1) is 11.3 Å². The highest BCUT2D eigenvalue weighted by molar-refractivity contribution is 6.05. The Balaban J connectivity index is 2.33. The number of carboxylic acid groups (broad SMARTS) is 1. The number of carbonyl (C=O) groups excluding carboxylic acids is 1. The number of carboxylic acids is 1. The number of aromatic nitrogens is 1. The molecule has 0 bridgehead atoms. The number of amides is 1. The lowest BCUT2D eigenvalue weighted by atomic mass is 10.2. The van der Waals surface area contributed by atoms with E-state index in [1.807, 2.05) is 6.07 Å². The summed E-state index contributed by atoms with van der Waals surface area (Å²) in [4.78, 5) is 28.3. The number of carbonyl (C=O) groups is 2. The third-order valence-electron chi connectivity index (χ3n) is 2.85. The highest BCUT2D eigenvalue weighted by Gasteiger charge is 2.17. The molecule has 0 aliphatic carbocycles. The molecule has 2 aromatic rings. The summed E-state index contributed by atoms with van der Waals surface area (Å²) < 4.78 is 0. The molecule has 0 aliphatic heterocycles. The number of aromatic carboxylic acids is 1. The lowest BCUT2D eigenvalue weighted by molar-refractivity contribution is 0.0690. The number of pyridine rings is 1. The highest BCUT2D eigenvalue weighted by atomic mass is 16.4. The van der Waals surface area contributed by atoms with Crippen molar-refractivity contribution < 1.29 is 14.7 Å². The van der Waals surface area contributed by atoms with Crippen LogP contribution in [0.1, 0.15) is 26.5 Å². The van der Waals surface area contributed by atoms with E-state index in [-0.39, 0.29) is 11.4 Å². The van der Waals surface area contributed by atoms with Crippen LogP contribution in [0.3, 0.4) is 0 Å². The van der Waals surface area contributed by atoms with Gasteiger partial charge in [0.05, 0.1) is 11.6 Å². The third-order valence-corrected chi connectivity index (χ3v) is 2.85. The zero-order valence-electron chi connectivity index (χ0n) is 11.1. The van der Waals surface area contributed by atoms with Crippen LogP contribution >= 0.6 is 0 Å². The summed E-state index contributed by atoms with van der Waals surface area (Å²) in [6.45, 7) is 0. The Bertz CT molecular complexity index is 750. The maximum Gasteiger partial charge on any atom is 0.354 e. The fourth-order valence-corrected chi connectivity index (χ4v) is 1.75. The molecule has 104 valence electrons. The Labute approximate surface area is 120 Å². The van der Waals surface area contributed by atoms with E-state index >= 15 is 0 Å². The summed E-state index contributed by atoms with van der Waals surface area (Å²) in [5, 5.41) is 17.8. The Hall–Kier alpha value is -3.20. The van der Waals surface area contributed by atoms with Crippen molar-refractivity contribution in [1.82, 2.24) is 4.98 Å². The van der Waals surface area contributed by atoms with Crippen molar-refractivity contribution in [3.8, 4) is 6.07 Å². The van der Waals surface area contributed by atoms with Crippen LogP contribution in [0.2, 0.25) is 0 Å². The first-order valence-electron chi connectivity index (χ1n) is 6.01. The van der Waals surface area contributed by atoms with Crippen LogP contribution < -0.4 is 4.90 Å². The molecule has 1 aromatic carbocycles. The Morgan fingerprint density at radius 2 is 1.86 bits per heavy atom. The molecule has 0 fully saturated rings. The minimum Gasteiger partial charge on any atom is -0.477 e. The lowest BCUT2D eigenvalue weighted by Gasteiger charge is -2.17. The normalized spacial score (nSPS) is 9.71. The van der Waals surface area contributed by atoms with Crippen LogP contribution in [-0.2, 0) is 0 Å². The molecule has 1 amide bonds. The molecule has 0 unspecified atom stereocenters. The van der Waals surface area contributed by atoms with E-state index in [2.05, 4.69) is 4.98 Å². The van der Waals surface area contributed by atoms with Crippen LogP contribution in [0.25, 0.3) is 0 Å². The summed E-state index contributed by atoms with van der Waals surface area (Å²) in [6.07, 6.45) is 0. The molecule has 0 saturated heterocycles. The average molecular weight is 281 g/mol. The SMILES string of the molecule is CN(C(=O)c1cccc(C(=O)O)n1)c1cccc(C#N)c1. The van der Waals surface area contributed by atoms with E-state index in [1.165, 1.54) is 30.1 Å². The Morgan fingerprint density at radius 3 is 2.52 bits per heavy atom. The van der Waals surface area contributed by atoms with Gasteiger partial charge >= 0.3 is 5.97 Å². The van der Waals surface area contributed by atoms with Crippen LogP contribution in [-0.4, -0.2) is 29.0 Å². The summed E-state index contributed by atoms with van der Waals surface area (Å²) in [5.74, 6) is -1.65. The zero-order valence-corrected chi connectivity index (χ0v) is 11.1. The summed E-state index contributed by atoms with van der Waals surface area (Å²) in [5.41, 5.74) is 0.792. The minimum atomic E-state index is -1.20. The van der Waals surface area contributed by atoms with E-state index in [9.17, 15) is 9.59 Å². The van der Waals surface area contributed by atoms with Gasteiger partial charge in [0.2, 0.25) is 0 Å². The molecule has 0 saturated carbocycles. The third kappa shape index (κ3) is 3.04. The molecule has 6 heteroatoms. The molecule has 21 heavy (non-hydrogen) atoms. The molecule has 0 aliphatic rings. The van der Waals surface area contributed by atoms with Crippen molar-refractivity contribution in [1.29, 1.82) is 5.26 Å². The lowest BCUT2D eigenvalue weighted by Crippen LogP contribution is -2.27. The first kappa shape index (κ1) is 14.2. The van der Waals surface area contributed by atoms with E-state index in [0.29, 0.717) is 11.3 Å². The van der Waals surface area contributed by atoms with Crippen molar-refractivity contribution >= 4 is 17.6 Å². The van der Waals surface area contributed by atoms with Crippen LogP contribution in [0.5, 0.6) is 0 Å². The van der Waals surface area contributed by atoms with Gasteiger partial charge < -0.3 is 10.0 Å². The summed E-state index contributed by atoms with van der Waals surface area (Å²) in [7, 11) is 1.54. The number of rotatable bonds is 3. The molecule has 1 heterocycles. The predicted molar refractivity (Wildman–Crippen MR) is 75.1 cm³/mol. The molecular formula is C15H11N3O3. The van der Waals surface area contributed by atoms with Crippen LogP contribution in [0.15, 0.2) is 42.5 Å². The van der Waals surface area contributed by atoms with Gasteiger partial charge in [-0.1, -0.05) is 12.1 Å². The minimum absolute atomic E-state index is 0.0276. The zero-order chi connectivity index (χ0) is 15.4. The van der Waals surface area contributed by atoms with Crippen molar-refractivity contribution in [2.45, 2.75) is 0 Å². The number of hydrogen-bond donors (Lipinski definition) is 1. The predicted octanol–water partition coefficient (Wildman–Crippen LogP) is 1.93. The number of nitriles is 1. The maximum absolute atomic E-state index is 12.3. The van der Waals surface area contributed by atoms with Crippen molar-refractivity contribution in [2.24, 2.45) is 0 Å². The summed E-state index contributed by atoms with van der Waals surface area (Å²) >= 11 is 0. The molecule has 1 N–H and O–H groups in total. The second-order valence-electron chi connectivity index (χ2n) is 4.24. The standard InChI is InChI=1S/C15H11N3O3/c1-18(11-5-2-4-10(8-11)9-16)14(19)12-6-3-7-13(17-12)15(20)21/h2-8H,1H3,(H,20,21). The van der Waals surface area contributed by atoms with Gasteiger partial charge in [-0.2, -0.15) is 5.26 Å². The van der Waals surface area contributed by atoms with Gasteiger partial charge in [0.1, 0.15) is 11.4 Å². The number of benzene rings is 1. The quantitative estimate of drug-likeness (QED) is 0.927. The van der Waals surface area contributed by atoms with Crippen molar-refractivity contribution in [2.75, 3.05) is 11.9 Å². The highest BCUT2D eigenvalue weighted by Crippen LogP contribution is 2.16. The first-order valence-corrected chi connectivity index (χ1v) is 6.01. The van der Waals surface area contributed by atoms with Crippen molar-refractivity contribution in [3.63, 3.8) is 0 Å². The number of anilines is 1. The fraction of sp³-hybridized carbons (Fsp3) is 0.0667. The van der Waals surface area contributed by atoms with E-state index in [1.54, 1.807) is 24.3 Å². The van der Waals surface area contributed by atoms with Gasteiger partial charge in [0, 0.05) is 12.7 Å². The number of hydrogen-bond acceptors (Lipinski definition) is 4. The fourth-order valence-electron chi connectivity index (χ4n) is 1.75. The Kier molecular flexibility index (Phi) is 3.95. The van der Waals surface area contributed by atoms with E-state index < -0.39 is 11.9 Å². The van der Waals surface area contributed by atoms with Crippen LogP contribution in [0.4, 0.5) is 5.69 Å².